The molecule has 0 aromatic carbocycles. The Hall–Kier alpha value is -1.14. The molecule has 0 bridgehead atoms. The molecule has 0 aliphatic heterocycles. The average Bonchev–Trinajstić information content (AvgIpc) is 2.42. The lowest BCUT2D eigenvalue weighted by molar-refractivity contribution is -0.312. The Morgan fingerprint density at radius 2 is 1.48 bits per heavy atom. The van der Waals surface area contributed by atoms with Crippen LogP contribution < -0.4 is 5.11 Å². The zero-order valence-corrected chi connectivity index (χ0v) is 13.1. The fourth-order valence-corrected chi connectivity index (χ4v) is 2.29. The Bertz CT molecular complexity index is 353. The highest BCUT2D eigenvalue weighted by atomic mass is 19.4. The van der Waals surface area contributed by atoms with Gasteiger partial charge in [0.05, 0.1) is 0 Å². The first-order valence-corrected chi connectivity index (χ1v) is 7.88. The molecular weight excluding hydrogens is 319 g/mol. The first-order valence-electron chi connectivity index (χ1n) is 7.88. The van der Waals surface area contributed by atoms with Gasteiger partial charge >= 0.3 is 12.1 Å². The highest BCUT2D eigenvalue weighted by molar-refractivity contribution is 5.67. The van der Waals surface area contributed by atoms with Gasteiger partial charge in [0.1, 0.15) is 0 Å². The average molecular weight is 343 g/mol. The molecule has 0 rings (SSSR count). The van der Waals surface area contributed by atoms with Crippen molar-refractivity contribution in [3.63, 3.8) is 0 Å². The summed E-state index contributed by atoms with van der Waals surface area (Å²) < 4.78 is 61.2. The predicted molar refractivity (Wildman–Crippen MR) is 75.9 cm³/mol. The first-order chi connectivity index (χ1) is 10.6. The second kappa shape index (κ2) is 10.6. The van der Waals surface area contributed by atoms with Gasteiger partial charge in [-0.15, -0.1) is 6.58 Å². The summed E-state index contributed by atoms with van der Waals surface area (Å²) in [7, 11) is 0. The Kier molecular flexibility index (Phi) is 10.1. The Balaban J connectivity index is 3.93. The summed E-state index contributed by atoms with van der Waals surface area (Å²) in [6.45, 7) is 3.58. The van der Waals surface area contributed by atoms with Crippen LogP contribution in [-0.4, -0.2) is 18.1 Å². The zero-order chi connectivity index (χ0) is 17.9. The molecule has 0 aromatic heterocycles. The molecule has 136 valence electrons. The van der Waals surface area contributed by atoms with Gasteiger partial charge in [-0.1, -0.05) is 31.8 Å². The molecule has 0 spiro atoms. The van der Waals surface area contributed by atoms with Gasteiger partial charge in [-0.2, -0.15) is 22.0 Å². The van der Waals surface area contributed by atoms with Crippen LogP contribution in [0.2, 0.25) is 0 Å². The summed E-state index contributed by atoms with van der Waals surface area (Å²) in [6, 6.07) is 0. The number of carboxylic acids is 1. The van der Waals surface area contributed by atoms with E-state index in [2.05, 4.69) is 6.58 Å². The van der Waals surface area contributed by atoms with E-state index < -0.39 is 30.4 Å². The minimum absolute atomic E-state index is 0.145. The molecule has 0 aliphatic rings. The standard InChI is InChI=1S/C16H25F5O2/c1-2-3-4-5-7-10-13(14(22)23)11-8-6-9-12-15(17,18)16(19,20)21/h2,13H,1,3-12H2,(H,22,23)/p-1. The van der Waals surface area contributed by atoms with Gasteiger partial charge in [0.2, 0.25) is 0 Å². The second-order valence-corrected chi connectivity index (χ2v) is 5.74. The lowest BCUT2D eigenvalue weighted by Gasteiger charge is -2.20. The summed E-state index contributed by atoms with van der Waals surface area (Å²) >= 11 is 0. The number of carbonyl (C=O) groups excluding carboxylic acids is 1. The maximum absolute atomic E-state index is 12.7. The third-order valence-electron chi connectivity index (χ3n) is 3.75. The topological polar surface area (TPSA) is 40.1 Å². The Labute approximate surface area is 133 Å². The van der Waals surface area contributed by atoms with Crippen molar-refractivity contribution in [2.75, 3.05) is 0 Å². The van der Waals surface area contributed by atoms with Crippen molar-refractivity contribution in [2.45, 2.75) is 76.3 Å². The normalized spacial score (nSPS) is 13.8. The van der Waals surface area contributed by atoms with Gasteiger partial charge < -0.3 is 9.90 Å². The quantitative estimate of drug-likeness (QED) is 0.278. The van der Waals surface area contributed by atoms with Crippen LogP contribution >= 0.6 is 0 Å². The van der Waals surface area contributed by atoms with Crippen LogP contribution in [0.3, 0.4) is 0 Å². The minimum Gasteiger partial charge on any atom is -0.550 e. The van der Waals surface area contributed by atoms with Crippen LogP contribution in [-0.2, 0) is 4.79 Å². The summed E-state index contributed by atoms with van der Waals surface area (Å²) in [5.41, 5.74) is 0. The molecule has 0 amide bonds. The molecule has 0 aromatic rings. The molecule has 0 heterocycles. The number of rotatable bonds is 13. The van der Waals surface area contributed by atoms with Crippen molar-refractivity contribution in [1.82, 2.24) is 0 Å². The predicted octanol–water partition coefficient (Wildman–Crippen LogP) is 4.64. The summed E-state index contributed by atoms with van der Waals surface area (Å²) in [4.78, 5) is 11.0. The first kappa shape index (κ1) is 21.9. The summed E-state index contributed by atoms with van der Waals surface area (Å²) in [5.74, 6) is -6.53. The fraction of sp³-hybridized carbons (Fsp3) is 0.812. The van der Waals surface area contributed by atoms with Crippen LogP contribution in [0.15, 0.2) is 12.7 Å². The third kappa shape index (κ3) is 9.56. The number of hydrogen-bond acceptors (Lipinski definition) is 2. The number of hydrogen-bond donors (Lipinski definition) is 0. The van der Waals surface area contributed by atoms with Gasteiger partial charge in [0.25, 0.3) is 0 Å². The van der Waals surface area contributed by atoms with Crippen molar-refractivity contribution in [3.05, 3.63) is 12.7 Å². The van der Waals surface area contributed by atoms with Crippen molar-refractivity contribution in [1.29, 1.82) is 0 Å². The Morgan fingerprint density at radius 3 is 1.91 bits per heavy atom. The molecule has 0 fully saturated rings. The van der Waals surface area contributed by atoms with Crippen molar-refractivity contribution >= 4 is 5.97 Å². The minimum atomic E-state index is -5.52. The van der Waals surface area contributed by atoms with E-state index in [4.69, 9.17) is 0 Å². The number of alkyl halides is 5. The highest BCUT2D eigenvalue weighted by Gasteiger charge is 2.56. The van der Waals surface area contributed by atoms with Crippen molar-refractivity contribution < 1.29 is 31.9 Å². The number of aliphatic carboxylic acids is 1. The van der Waals surface area contributed by atoms with Crippen molar-refractivity contribution in [3.8, 4) is 0 Å². The van der Waals surface area contributed by atoms with E-state index in [1.165, 1.54) is 0 Å². The largest absolute Gasteiger partial charge is 0.550 e. The molecule has 1 atom stereocenters. The van der Waals surface area contributed by atoms with Gasteiger partial charge in [0, 0.05) is 12.4 Å². The third-order valence-corrected chi connectivity index (χ3v) is 3.75. The van der Waals surface area contributed by atoms with E-state index in [-0.39, 0.29) is 19.3 Å². The van der Waals surface area contributed by atoms with Gasteiger partial charge in [-0.05, 0) is 38.0 Å². The van der Waals surface area contributed by atoms with Crippen LogP contribution in [0.5, 0.6) is 0 Å². The molecule has 0 N–H and O–H groups in total. The maximum atomic E-state index is 12.7. The van der Waals surface area contributed by atoms with Crippen LogP contribution in [0.1, 0.15) is 64.2 Å². The van der Waals surface area contributed by atoms with Crippen LogP contribution in [0, 0.1) is 5.92 Å². The van der Waals surface area contributed by atoms with Crippen LogP contribution in [0.25, 0.3) is 0 Å². The number of unbranched alkanes of at least 4 members (excludes halogenated alkanes) is 5. The van der Waals surface area contributed by atoms with E-state index in [9.17, 15) is 31.9 Å². The SMILES string of the molecule is C=CCCCCCC(CCCCCC(F)(F)C(F)(F)F)C(=O)[O-]. The molecular formula is C16H24F5O2-. The molecule has 0 saturated heterocycles. The van der Waals surface area contributed by atoms with Gasteiger partial charge in [-0.3, -0.25) is 0 Å². The number of carbonyl (C=O) groups is 1. The number of halogens is 5. The lowest BCUT2D eigenvalue weighted by Crippen LogP contribution is -2.36. The van der Waals surface area contributed by atoms with E-state index in [1.54, 1.807) is 6.08 Å². The molecule has 0 radical (unpaired) electrons. The molecule has 7 heteroatoms. The van der Waals surface area contributed by atoms with E-state index in [1.807, 2.05) is 0 Å². The number of allylic oxidation sites excluding steroid dienone is 1. The summed E-state index contributed by atoms with van der Waals surface area (Å²) in [5, 5.41) is 11.0. The van der Waals surface area contributed by atoms with Gasteiger partial charge in [0.15, 0.2) is 0 Å². The van der Waals surface area contributed by atoms with Crippen LogP contribution in [0.4, 0.5) is 22.0 Å². The molecule has 1 unspecified atom stereocenters. The molecule has 0 aliphatic carbocycles. The van der Waals surface area contributed by atoms with E-state index in [0.717, 1.165) is 25.7 Å². The smallest absolute Gasteiger partial charge is 0.453 e. The monoisotopic (exact) mass is 343 g/mol. The molecule has 2 nitrogen and oxygen atoms in total. The highest BCUT2D eigenvalue weighted by Crippen LogP contribution is 2.39. The van der Waals surface area contributed by atoms with E-state index in [0.29, 0.717) is 12.8 Å². The maximum Gasteiger partial charge on any atom is 0.453 e. The summed E-state index contributed by atoms with van der Waals surface area (Å²) in [6.07, 6.45) is -0.755. The number of carboxylic acid groups (broad SMARTS) is 1. The molecule has 0 saturated carbocycles. The van der Waals surface area contributed by atoms with E-state index >= 15 is 0 Å². The van der Waals surface area contributed by atoms with Crippen molar-refractivity contribution in [2.24, 2.45) is 5.92 Å². The van der Waals surface area contributed by atoms with Gasteiger partial charge in [-0.25, -0.2) is 0 Å². The Morgan fingerprint density at radius 1 is 0.957 bits per heavy atom. The fourth-order valence-electron chi connectivity index (χ4n) is 2.29. The molecule has 23 heavy (non-hydrogen) atoms. The second-order valence-electron chi connectivity index (χ2n) is 5.74. The lowest BCUT2D eigenvalue weighted by atomic mass is 9.94. The zero-order valence-electron chi connectivity index (χ0n) is 13.1.